The van der Waals surface area contributed by atoms with E-state index in [0.717, 1.165) is 11.8 Å². The zero-order valence-electron chi connectivity index (χ0n) is 11.7. The molecule has 0 saturated carbocycles. The van der Waals surface area contributed by atoms with Crippen LogP contribution in [0.1, 0.15) is 0 Å². The summed E-state index contributed by atoms with van der Waals surface area (Å²) >= 11 is 0. The van der Waals surface area contributed by atoms with Gasteiger partial charge in [0.2, 0.25) is 0 Å². The normalized spacial score (nSPS) is 15.6. The second kappa shape index (κ2) is 5.68. The van der Waals surface area contributed by atoms with Gasteiger partial charge in [0, 0.05) is 24.7 Å². The van der Waals surface area contributed by atoms with Crippen LogP contribution < -0.4 is 4.90 Å². The highest BCUT2D eigenvalue weighted by Crippen LogP contribution is 2.27. The Bertz CT molecular complexity index is 769. The van der Waals surface area contributed by atoms with E-state index < -0.39 is 15.7 Å². The van der Waals surface area contributed by atoms with Crippen LogP contribution in [0.3, 0.4) is 0 Å². The van der Waals surface area contributed by atoms with E-state index in [1.807, 2.05) is 4.90 Å². The molecule has 116 valence electrons. The molecule has 6 heteroatoms. The van der Waals surface area contributed by atoms with E-state index in [4.69, 9.17) is 0 Å². The van der Waals surface area contributed by atoms with Gasteiger partial charge in [0.15, 0.2) is 9.84 Å². The molecule has 2 aromatic rings. The molecule has 3 nitrogen and oxygen atoms in total. The maximum Gasteiger partial charge on any atom is 0.178 e. The maximum absolute atomic E-state index is 13.1. The first-order chi connectivity index (χ1) is 10.4. The van der Waals surface area contributed by atoms with Crippen LogP contribution in [-0.4, -0.2) is 27.3 Å². The summed E-state index contributed by atoms with van der Waals surface area (Å²) in [5, 5.41) is 0. The minimum atomic E-state index is -3.48. The second-order valence-corrected chi connectivity index (χ2v) is 7.52. The van der Waals surface area contributed by atoms with E-state index in [0.29, 0.717) is 13.1 Å². The first kappa shape index (κ1) is 15.0. The fourth-order valence-corrected chi connectivity index (χ4v) is 4.21. The number of sulfone groups is 1. The van der Waals surface area contributed by atoms with Crippen LogP contribution in [0.4, 0.5) is 14.5 Å². The molecule has 1 aliphatic rings. The first-order valence-electron chi connectivity index (χ1n) is 6.93. The molecule has 1 aliphatic heterocycles. The van der Waals surface area contributed by atoms with E-state index >= 15 is 0 Å². The fraction of sp³-hybridized carbons (Fsp3) is 0.250. The summed E-state index contributed by atoms with van der Waals surface area (Å²) < 4.78 is 50.5. The minimum Gasteiger partial charge on any atom is -0.371 e. The van der Waals surface area contributed by atoms with Crippen LogP contribution in [0.15, 0.2) is 53.4 Å². The summed E-state index contributed by atoms with van der Waals surface area (Å²) in [6.07, 6.45) is 0. The lowest BCUT2D eigenvalue weighted by atomic mass is 10.0. The standard InChI is InChI=1S/C16H15F2NO2S/c17-13-4-6-15(7-5-13)19-9-12(10-19)11-22(20,21)16-3-1-2-14(18)8-16/h1-8,12H,9-11H2. The van der Waals surface area contributed by atoms with Crippen molar-refractivity contribution in [3.8, 4) is 0 Å². The van der Waals surface area contributed by atoms with Gasteiger partial charge in [0.1, 0.15) is 11.6 Å². The molecule has 0 amide bonds. The molecule has 3 rings (SSSR count). The summed E-state index contributed by atoms with van der Waals surface area (Å²) in [4.78, 5) is 2.01. The lowest BCUT2D eigenvalue weighted by Gasteiger charge is -2.40. The minimum absolute atomic E-state index is 0.00156. The Balaban J connectivity index is 1.63. The highest BCUT2D eigenvalue weighted by atomic mass is 32.2. The van der Waals surface area contributed by atoms with Gasteiger partial charge in [-0.1, -0.05) is 6.07 Å². The van der Waals surface area contributed by atoms with Crippen LogP contribution in [0, 0.1) is 17.6 Å². The third-order valence-electron chi connectivity index (χ3n) is 3.76. The number of hydrogen-bond donors (Lipinski definition) is 0. The van der Waals surface area contributed by atoms with Crippen LogP contribution in [0.5, 0.6) is 0 Å². The largest absolute Gasteiger partial charge is 0.371 e. The lowest BCUT2D eigenvalue weighted by molar-refractivity contribution is 0.443. The molecule has 1 heterocycles. The Morgan fingerprint density at radius 1 is 1.00 bits per heavy atom. The van der Waals surface area contributed by atoms with E-state index in [9.17, 15) is 17.2 Å². The van der Waals surface area contributed by atoms with Gasteiger partial charge in [-0.05, 0) is 42.5 Å². The van der Waals surface area contributed by atoms with Gasteiger partial charge in [-0.3, -0.25) is 0 Å². The quantitative estimate of drug-likeness (QED) is 0.868. The van der Waals surface area contributed by atoms with E-state index in [1.165, 1.54) is 30.3 Å². The zero-order valence-corrected chi connectivity index (χ0v) is 12.6. The van der Waals surface area contributed by atoms with E-state index in [-0.39, 0.29) is 22.4 Å². The van der Waals surface area contributed by atoms with Crippen molar-refractivity contribution in [1.29, 1.82) is 0 Å². The predicted molar refractivity (Wildman–Crippen MR) is 80.6 cm³/mol. The molecule has 0 radical (unpaired) electrons. The Hall–Kier alpha value is -1.95. The van der Waals surface area contributed by atoms with Crippen molar-refractivity contribution in [2.45, 2.75) is 4.90 Å². The third kappa shape index (κ3) is 3.11. The highest BCUT2D eigenvalue weighted by molar-refractivity contribution is 7.91. The Morgan fingerprint density at radius 2 is 1.68 bits per heavy atom. The number of halogens is 2. The molecule has 0 aliphatic carbocycles. The van der Waals surface area contributed by atoms with Gasteiger partial charge >= 0.3 is 0 Å². The molecular weight excluding hydrogens is 308 g/mol. The fourth-order valence-electron chi connectivity index (χ4n) is 2.60. The SMILES string of the molecule is O=S(=O)(CC1CN(c2ccc(F)cc2)C1)c1cccc(F)c1. The summed E-state index contributed by atoms with van der Waals surface area (Å²) in [5.41, 5.74) is 0.876. The van der Waals surface area contributed by atoms with Gasteiger partial charge in [-0.25, -0.2) is 17.2 Å². The molecule has 0 atom stereocenters. The van der Waals surface area contributed by atoms with Gasteiger partial charge in [-0.2, -0.15) is 0 Å². The highest BCUT2D eigenvalue weighted by Gasteiger charge is 2.31. The molecule has 22 heavy (non-hydrogen) atoms. The topological polar surface area (TPSA) is 37.4 Å². The number of nitrogens with zero attached hydrogens (tertiary/aromatic N) is 1. The smallest absolute Gasteiger partial charge is 0.178 e. The van der Waals surface area contributed by atoms with Crippen LogP contribution in [-0.2, 0) is 9.84 Å². The molecule has 0 unspecified atom stereocenters. The zero-order chi connectivity index (χ0) is 15.7. The molecular formula is C16H15F2NO2S. The predicted octanol–water partition coefficient (Wildman–Crippen LogP) is 2.87. The number of anilines is 1. The molecule has 1 fully saturated rings. The monoisotopic (exact) mass is 323 g/mol. The number of benzene rings is 2. The molecule has 0 spiro atoms. The lowest BCUT2D eigenvalue weighted by Crippen LogP contribution is -2.49. The van der Waals surface area contributed by atoms with Gasteiger partial charge in [0.05, 0.1) is 10.6 Å². The summed E-state index contributed by atoms with van der Waals surface area (Å²) in [7, 11) is -3.48. The van der Waals surface area contributed by atoms with Crippen molar-refractivity contribution in [2.24, 2.45) is 5.92 Å². The second-order valence-electron chi connectivity index (χ2n) is 5.49. The van der Waals surface area contributed by atoms with Crippen molar-refractivity contribution in [3.63, 3.8) is 0 Å². The Labute approximate surface area is 128 Å². The molecule has 0 bridgehead atoms. The van der Waals surface area contributed by atoms with Crippen molar-refractivity contribution in [3.05, 3.63) is 60.2 Å². The first-order valence-corrected chi connectivity index (χ1v) is 8.58. The van der Waals surface area contributed by atoms with Crippen LogP contribution in [0.25, 0.3) is 0 Å². The molecule has 1 saturated heterocycles. The third-order valence-corrected chi connectivity index (χ3v) is 5.64. The van der Waals surface area contributed by atoms with Gasteiger partial charge in [0.25, 0.3) is 0 Å². The van der Waals surface area contributed by atoms with Crippen molar-refractivity contribution < 1.29 is 17.2 Å². The van der Waals surface area contributed by atoms with Crippen molar-refractivity contribution in [1.82, 2.24) is 0 Å². The Kier molecular flexibility index (Phi) is 3.87. The maximum atomic E-state index is 13.1. The summed E-state index contributed by atoms with van der Waals surface area (Å²) in [6, 6.07) is 11.2. The average Bonchev–Trinajstić information content (AvgIpc) is 2.44. The number of hydrogen-bond acceptors (Lipinski definition) is 3. The molecule has 0 N–H and O–H groups in total. The molecule has 2 aromatic carbocycles. The van der Waals surface area contributed by atoms with Crippen molar-refractivity contribution >= 4 is 15.5 Å². The summed E-state index contributed by atoms with van der Waals surface area (Å²) in [5.74, 6) is -0.857. The number of rotatable bonds is 4. The molecule has 0 aromatic heterocycles. The Morgan fingerprint density at radius 3 is 2.32 bits per heavy atom. The van der Waals surface area contributed by atoms with Gasteiger partial charge in [-0.15, -0.1) is 0 Å². The van der Waals surface area contributed by atoms with Crippen LogP contribution >= 0.6 is 0 Å². The van der Waals surface area contributed by atoms with Crippen LogP contribution in [0.2, 0.25) is 0 Å². The van der Waals surface area contributed by atoms with E-state index in [1.54, 1.807) is 12.1 Å². The van der Waals surface area contributed by atoms with Crippen molar-refractivity contribution in [2.75, 3.05) is 23.7 Å². The van der Waals surface area contributed by atoms with Gasteiger partial charge < -0.3 is 4.90 Å². The van der Waals surface area contributed by atoms with E-state index in [2.05, 4.69) is 0 Å². The summed E-state index contributed by atoms with van der Waals surface area (Å²) in [6.45, 7) is 1.19. The average molecular weight is 323 g/mol.